The molecule has 2 rings (SSSR count). The van der Waals surface area contributed by atoms with Crippen LogP contribution in [-0.4, -0.2) is 32.0 Å². The van der Waals surface area contributed by atoms with E-state index in [0.29, 0.717) is 16.5 Å². The summed E-state index contributed by atoms with van der Waals surface area (Å²) in [4.78, 5) is 15.7. The summed E-state index contributed by atoms with van der Waals surface area (Å²) in [6, 6.07) is 6.87. The van der Waals surface area contributed by atoms with Crippen molar-refractivity contribution in [2.24, 2.45) is 0 Å². The standard InChI is InChI=1S/C17H15BrClNO4/c1-22-10-24-15-8-13(17(21)23-2)6-4-11(15)3-5-12-7-14(18)9-20-16(12)19/h3-9H,10H2,1-2H3/b5-3+. The molecule has 0 aliphatic carbocycles. The van der Waals surface area contributed by atoms with E-state index in [2.05, 4.69) is 20.9 Å². The van der Waals surface area contributed by atoms with Gasteiger partial charge in [-0.15, -0.1) is 0 Å². The first-order chi connectivity index (χ1) is 11.5. The fourth-order valence-corrected chi connectivity index (χ4v) is 2.41. The summed E-state index contributed by atoms with van der Waals surface area (Å²) < 4.78 is 16.0. The maximum absolute atomic E-state index is 11.7. The molecule has 0 amide bonds. The average Bonchev–Trinajstić information content (AvgIpc) is 2.60. The van der Waals surface area contributed by atoms with E-state index < -0.39 is 5.97 Å². The molecule has 5 nitrogen and oxygen atoms in total. The number of nitrogens with zero attached hydrogens (tertiary/aromatic N) is 1. The molecule has 0 radical (unpaired) electrons. The van der Waals surface area contributed by atoms with E-state index in [4.69, 9.17) is 25.8 Å². The maximum atomic E-state index is 11.7. The van der Waals surface area contributed by atoms with E-state index in [0.717, 1.165) is 15.6 Å². The third kappa shape index (κ3) is 4.80. The minimum atomic E-state index is -0.438. The van der Waals surface area contributed by atoms with Crippen molar-refractivity contribution in [3.63, 3.8) is 0 Å². The van der Waals surface area contributed by atoms with Gasteiger partial charge in [-0.25, -0.2) is 9.78 Å². The van der Waals surface area contributed by atoms with E-state index in [1.54, 1.807) is 24.4 Å². The largest absolute Gasteiger partial charge is 0.467 e. The monoisotopic (exact) mass is 411 g/mol. The van der Waals surface area contributed by atoms with Crippen molar-refractivity contribution < 1.29 is 19.0 Å². The molecule has 0 bridgehead atoms. The number of carbonyl (C=O) groups excluding carboxylic acids is 1. The summed E-state index contributed by atoms with van der Waals surface area (Å²) in [7, 11) is 2.85. The highest BCUT2D eigenvalue weighted by Crippen LogP contribution is 2.25. The Labute approximate surface area is 153 Å². The number of carbonyl (C=O) groups is 1. The third-order valence-corrected chi connectivity index (χ3v) is 3.79. The normalized spacial score (nSPS) is 10.8. The van der Waals surface area contributed by atoms with E-state index in [1.165, 1.54) is 14.2 Å². The molecule has 1 aromatic carbocycles. The molecular weight excluding hydrogens is 398 g/mol. The quantitative estimate of drug-likeness (QED) is 0.399. The second-order valence-corrected chi connectivity index (χ2v) is 5.94. The van der Waals surface area contributed by atoms with Gasteiger partial charge in [0.05, 0.1) is 12.7 Å². The van der Waals surface area contributed by atoms with Gasteiger partial charge in [0.15, 0.2) is 6.79 Å². The number of pyridine rings is 1. The number of methoxy groups -OCH3 is 2. The van der Waals surface area contributed by atoms with Crippen molar-refractivity contribution in [2.45, 2.75) is 0 Å². The van der Waals surface area contributed by atoms with E-state index >= 15 is 0 Å². The first-order valence-electron chi connectivity index (χ1n) is 6.88. The van der Waals surface area contributed by atoms with E-state index in [9.17, 15) is 4.79 Å². The van der Waals surface area contributed by atoms with E-state index in [-0.39, 0.29) is 6.79 Å². The zero-order valence-corrected chi connectivity index (χ0v) is 15.4. The lowest BCUT2D eigenvalue weighted by molar-refractivity contribution is 0.0502. The summed E-state index contributed by atoms with van der Waals surface area (Å²) in [6.07, 6.45) is 5.26. The van der Waals surface area contributed by atoms with Crippen LogP contribution < -0.4 is 4.74 Å². The number of ether oxygens (including phenoxy) is 3. The highest BCUT2D eigenvalue weighted by Gasteiger charge is 2.10. The molecule has 0 aliphatic rings. The van der Waals surface area contributed by atoms with Crippen LogP contribution in [0.3, 0.4) is 0 Å². The Bertz CT molecular complexity index is 764. The Morgan fingerprint density at radius 3 is 2.71 bits per heavy atom. The van der Waals surface area contributed by atoms with Gasteiger partial charge in [0.2, 0.25) is 0 Å². The number of esters is 1. The van der Waals surface area contributed by atoms with Crippen molar-refractivity contribution in [1.82, 2.24) is 4.98 Å². The predicted octanol–water partition coefficient (Wildman–Crippen LogP) is 4.44. The van der Waals surface area contributed by atoms with Gasteiger partial charge < -0.3 is 14.2 Å². The Morgan fingerprint density at radius 2 is 2.00 bits per heavy atom. The summed E-state index contributed by atoms with van der Waals surface area (Å²) in [5.74, 6) is 0.0575. The Kier molecular flexibility index (Phi) is 6.78. The first kappa shape index (κ1) is 18.4. The Hall–Kier alpha value is -1.89. The van der Waals surface area contributed by atoms with Crippen LogP contribution in [0.4, 0.5) is 0 Å². The number of hydrogen-bond donors (Lipinski definition) is 0. The highest BCUT2D eigenvalue weighted by molar-refractivity contribution is 9.10. The smallest absolute Gasteiger partial charge is 0.337 e. The summed E-state index contributed by atoms with van der Waals surface area (Å²) >= 11 is 9.43. The van der Waals surface area contributed by atoms with Gasteiger partial charge in [0, 0.05) is 28.9 Å². The molecule has 0 unspecified atom stereocenters. The molecule has 1 aromatic heterocycles. The van der Waals surface area contributed by atoms with Crippen LogP contribution >= 0.6 is 27.5 Å². The Morgan fingerprint density at radius 1 is 1.25 bits per heavy atom. The SMILES string of the molecule is COCOc1cc(C(=O)OC)ccc1/C=C/c1cc(Br)cnc1Cl. The lowest BCUT2D eigenvalue weighted by Gasteiger charge is -2.10. The molecule has 0 saturated carbocycles. The molecule has 1 heterocycles. The summed E-state index contributed by atoms with van der Waals surface area (Å²) in [5, 5.41) is 0.389. The van der Waals surface area contributed by atoms with Gasteiger partial charge >= 0.3 is 5.97 Å². The molecule has 0 spiro atoms. The minimum absolute atomic E-state index is 0.0602. The van der Waals surface area contributed by atoms with Crippen molar-refractivity contribution in [3.8, 4) is 5.75 Å². The van der Waals surface area contributed by atoms with Gasteiger partial charge in [-0.1, -0.05) is 29.8 Å². The molecule has 7 heteroatoms. The van der Waals surface area contributed by atoms with Crippen LogP contribution in [0.25, 0.3) is 12.2 Å². The van der Waals surface area contributed by atoms with Crippen LogP contribution in [0.5, 0.6) is 5.75 Å². The molecule has 0 saturated heterocycles. The number of rotatable bonds is 6. The molecular formula is C17H15BrClNO4. The van der Waals surface area contributed by atoms with Crippen molar-refractivity contribution in [1.29, 1.82) is 0 Å². The molecule has 0 N–H and O–H groups in total. The predicted molar refractivity (Wildman–Crippen MR) is 96.2 cm³/mol. The molecule has 126 valence electrons. The van der Waals surface area contributed by atoms with Crippen LogP contribution in [0.2, 0.25) is 5.15 Å². The Balaban J connectivity index is 2.35. The number of aromatic nitrogens is 1. The van der Waals surface area contributed by atoms with Crippen LogP contribution in [0, 0.1) is 0 Å². The lowest BCUT2D eigenvalue weighted by Crippen LogP contribution is -2.04. The molecule has 0 fully saturated rings. The molecule has 0 atom stereocenters. The first-order valence-corrected chi connectivity index (χ1v) is 8.05. The minimum Gasteiger partial charge on any atom is -0.467 e. The second-order valence-electron chi connectivity index (χ2n) is 4.66. The fraction of sp³-hybridized carbons (Fsp3) is 0.176. The van der Waals surface area contributed by atoms with Gasteiger partial charge in [0.1, 0.15) is 10.9 Å². The lowest BCUT2D eigenvalue weighted by atomic mass is 10.1. The number of benzene rings is 1. The van der Waals surface area contributed by atoms with Crippen LogP contribution in [0.15, 0.2) is 34.9 Å². The molecule has 24 heavy (non-hydrogen) atoms. The molecule has 0 aliphatic heterocycles. The maximum Gasteiger partial charge on any atom is 0.337 e. The summed E-state index contributed by atoms with van der Waals surface area (Å²) in [5.41, 5.74) is 1.90. The van der Waals surface area contributed by atoms with Gasteiger partial charge in [0.25, 0.3) is 0 Å². The number of hydrogen-bond acceptors (Lipinski definition) is 5. The van der Waals surface area contributed by atoms with Gasteiger partial charge in [-0.2, -0.15) is 0 Å². The zero-order chi connectivity index (χ0) is 17.5. The fourth-order valence-electron chi connectivity index (χ4n) is 1.90. The van der Waals surface area contributed by atoms with Crippen molar-refractivity contribution >= 4 is 45.7 Å². The van der Waals surface area contributed by atoms with Gasteiger partial charge in [-0.3, -0.25) is 0 Å². The van der Waals surface area contributed by atoms with Gasteiger partial charge in [-0.05, 0) is 34.1 Å². The molecule has 2 aromatic rings. The van der Waals surface area contributed by atoms with Crippen LogP contribution in [-0.2, 0) is 9.47 Å². The number of halogens is 2. The zero-order valence-electron chi connectivity index (χ0n) is 13.1. The summed E-state index contributed by atoms with van der Waals surface area (Å²) in [6.45, 7) is 0.0602. The van der Waals surface area contributed by atoms with Crippen molar-refractivity contribution in [3.05, 3.63) is 56.8 Å². The average molecular weight is 413 g/mol. The topological polar surface area (TPSA) is 57.7 Å². The van der Waals surface area contributed by atoms with E-state index in [1.807, 2.05) is 18.2 Å². The highest BCUT2D eigenvalue weighted by atomic mass is 79.9. The van der Waals surface area contributed by atoms with Crippen molar-refractivity contribution in [2.75, 3.05) is 21.0 Å². The third-order valence-electron chi connectivity index (χ3n) is 3.04. The van der Waals surface area contributed by atoms with Crippen LogP contribution in [0.1, 0.15) is 21.5 Å². The second kappa shape index (κ2) is 8.82.